The van der Waals surface area contributed by atoms with Crippen molar-refractivity contribution in [3.05, 3.63) is 48.2 Å². The molecule has 2 heterocycles. The van der Waals surface area contributed by atoms with Gasteiger partial charge >= 0.3 is 0 Å². The smallest absolute Gasteiger partial charge is 0.255 e. The SMILES string of the molecule is CN(C)CCNc1cc(C(=O)Nc2ccccc2N2CCOCC2)ccn1. The molecule has 1 fully saturated rings. The lowest BCUT2D eigenvalue weighted by atomic mass is 10.2. The van der Waals surface area contributed by atoms with E-state index in [1.807, 2.05) is 38.4 Å². The number of amides is 1. The Balaban J connectivity index is 1.69. The Morgan fingerprint density at radius 1 is 1.22 bits per heavy atom. The molecule has 27 heavy (non-hydrogen) atoms. The number of carbonyl (C=O) groups excluding carboxylic acids is 1. The summed E-state index contributed by atoms with van der Waals surface area (Å²) in [5.74, 6) is 0.555. The van der Waals surface area contributed by atoms with Crippen molar-refractivity contribution in [2.75, 3.05) is 69.0 Å². The van der Waals surface area contributed by atoms with Crippen LogP contribution in [0.25, 0.3) is 0 Å². The zero-order valence-corrected chi connectivity index (χ0v) is 15.9. The molecule has 0 saturated carbocycles. The third-order valence-corrected chi connectivity index (χ3v) is 4.39. The topological polar surface area (TPSA) is 69.7 Å². The fourth-order valence-electron chi connectivity index (χ4n) is 2.93. The Hall–Kier alpha value is -2.64. The summed E-state index contributed by atoms with van der Waals surface area (Å²) in [6, 6.07) is 11.4. The molecule has 2 N–H and O–H groups in total. The molecule has 0 atom stereocenters. The van der Waals surface area contributed by atoms with Crippen LogP contribution in [0.4, 0.5) is 17.2 Å². The van der Waals surface area contributed by atoms with Crippen LogP contribution in [0.15, 0.2) is 42.6 Å². The Kier molecular flexibility index (Phi) is 6.62. The van der Waals surface area contributed by atoms with E-state index in [4.69, 9.17) is 4.74 Å². The molecule has 0 spiro atoms. The summed E-state index contributed by atoms with van der Waals surface area (Å²) in [7, 11) is 4.04. The first-order valence-electron chi connectivity index (χ1n) is 9.21. The second-order valence-corrected chi connectivity index (χ2v) is 6.73. The van der Waals surface area contributed by atoms with E-state index in [1.165, 1.54) is 0 Å². The van der Waals surface area contributed by atoms with E-state index in [0.29, 0.717) is 24.6 Å². The number of rotatable bonds is 7. The number of hydrogen-bond acceptors (Lipinski definition) is 6. The molecule has 1 aliphatic heterocycles. The maximum Gasteiger partial charge on any atom is 0.255 e. The van der Waals surface area contributed by atoms with Crippen LogP contribution >= 0.6 is 0 Å². The van der Waals surface area contributed by atoms with Crippen molar-refractivity contribution in [2.24, 2.45) is 0 Å². The van der Waals surface area contributed by atoms with Crippen molar-refractivity contribution in [1.82, 2.24) is 9.88 Å². The Labute approximate surface area is 160 Å². The molecule has 0 radical (unpaired) electrons. The lowest BCUT2D eigenvalue weighted by Crippen LogP contribution is -2.36. The largest absolute Gasteiger partial charge is 0.378 e. The summed E-state index contributed by atoms with van der Waals surface area (Å²) in [5.41, 5.74) is 2.41. The van der Waals surface area contributed by atoms with Gasteiger partial charge in [0.15, 0.2) is 0 Å². The van der Waals surface area contributed by atoms with Gasteiger partial charge in [0.05, 0.1) is 24.6 Å². The fraction of sp³-hybridized carbons (Fsp3) is 0.400. The number of pyridine rings is 1. The van der Waals surface area contributed by atoms with Gasteiger partial charge in [-0.3, -0.25) is 4.79 Å². The van der Waals surface area contributed by atoms with Gasteiger partial charge in [-0.15, -0.1) is 0 Å². The lowest BCUT2D eigenvalue weighted by Gasteiger charge is -2.30. The number of morpholine rings is 1. The van der Waals surface area contributed by atoms with Crippen molar-refractivity contribution in [3.8, 4) is 0 Å². The third-order valence-electron chi connectivity index (χ3n) is 4.39. The number of aromatic nitrogens is 1. The third kappa shape index (κ3) is 5.42. The number of para-hydroxylation sites is 2. The predicted octanol–water partition coefficient (Wildman–Crippen LogP) is 2.14. The van der Waals surface area contributed by atoms with Gasteiger partial charge in [-0.2, -0.15) is 0 Å². The van der Waals surface area contributed by atoms with Gasteiger partial charge in [0.2, 0.25) is 0 Å². The van der Waals surface area contributed by atoms with Crippen molar-refractivity contribution >= 4 is 23.1 Å². The van der Waals surface area contributed by atoms with E-state index < -0.39 is 0 Å². The normalized spacial score (nSPS) is 14.3. The molecule has 144 valence electrons. The Bertz CT molecular complexity index is 760. The first-order valence-corrected chi connectivity index (χ1v) is 9.21. The van der Waals surface area contributed by atoms with Gasteiger partial charge in [0.1, 0.15) is 5.82 Å². The zero-order valence-electron chi connectivity index (χ0n) is 15.9. The highest BCUT2D eigenvalue weighted by atomic mass is 16.5. The molecule has 0 unspecified atom stereocenters. The maximum absolute atomic E-state index is 12.8. The number of nitrogens with zero attached hydrogens (tertiary/aromatic N) is 3. The van der Waals surface area contributed by atoms with Gasteiger partial charge in [0.25, 0.3) is 5.91 Å². The number of nitrogens with one attached hydrogen (secondary N) is 2. The second kappa shape index (κ2) is 9.34. The van der Waals surface area contributed by atoms with Gasteiger partial charge in [-0.25, -0.2) is 4.98 Å². The molecular weight excluding hydrogens is 342 g/mol. The van der Waals surface area contributed by atoms with Crippen LogP contribution in [-0.2, 0) is 4.74 Å². The summed E-state index contributed by atoms with van der Waals surface area (Å²) < 4.78 is 5.43. The van der Waals surface area contributed by atoms with Crippen molar-refractivity contribution in [3.63, 3.8) is 0 Å². The summed E-state index contributed by atoms with van der Waals surface area (Å²) in [5, 5.41) is 6.28. The van der Waals surface area contributed by atoms with Crippen molar-refractivity contribution < 1.29 is 9.53 Å². The molecule has 1 aromatic heterocycles. The number of hydrogen-bond donors (Lipinski definition) is 2. The molecule has 0 bridgehead atoms. The average molecular weight is 369 g/mol. The lowest BCUT2D eigenvalue weighted by molar-refractivity contribution is 0.102. The van der Waals surface area contributed by atoms with Crippen LogP contribution in [0.1, 0.15) is 10.4 Å². The minimum absolute atomic E-state index is 0.145. The van der Waals surface area contributed by atoms with Crippen LogP contribution in [0.3, 0.4) is 0 Å². The molecular formula is C20H27N5O2. The van der Waals surface area contributed by atoms with Crippen LogP contribution in [0.5, 0.6) is 0 Å². The molecule has 1 aliphatic rings. The number of carbonyl (C=O) groups is 1. The Morgan fingerprint density at radius 3 is 2.78 bits per heavy atom. The van der Waals surface area contributed by atoms with E-state index in [1.54, 1.807) is 18.3 Å². The average Bonchev–Trinajstić information content (AvgIpc) is 2.69. The van der Waals surface area contributed by atoms with E-state index in [2.05, 4.69) is 25.4 Å². The molecule has 3 rings (SSSR count). The number of likely N-dealkylation sites (N-methyl/N-ethyl adjacent to an activating group) is 1. The van der Waals surface area contributed by atoms with E-state index in [0.717, 1.165) is 37.6 Å². The number of benzene rings is 1. The second-order valence-electron chi connectivity index (χ2n) is 6.73. The first-order chi connectivity index (χ1) is 13.1. The van der Waals surface area contributed by atoms with Gasteiger partial charge < -0.3 is 25.2 Å². The zero-order chi connectivity index (χ0) is 19.1. The summed E-state index contributed by atoms with van der Waals surface area (Å²) in [6.45, 7) is 4.71. The van der Waals surface area contributed by atoms with E-state index >= 15 is 0 Å². The highest BCUT2D eigenvalue weighted by Gasteiger charge is 2.16. The van der Waals surface area contributed by atoms with Crippen molar-refractivity contribution in [2.45, 2.75) is 0 Å². The number of ether oxygens (including phenoxy) is 1. The monoisotopic (exact) mass is 369 g/mol. The van der Waals surface area contributed by atoms with Gasteiger partial charge in [0, 0.05) is 37.9 Å². The molecule has 1 amide bonds. The van der Waals surface area contributed by atoms with Crippen LogP contribution < -0.4 is 15.5 Å². The quantitative estimate of drug-likeness (QED) is 0.779. The van der Waals surface area contributed by atoms with Crippen LogP contribution in [0.2, 0.25) is 0 Å². The van der Waals surface area contributed by atoms with E-state index in [-0.39, 0.29) is 5.91 Å². The highest BCUT2D eigenvalue weighted by Crippen LogP contribution is 2.27. The fourth-order valence-corrected chi connectivity index (χ4v) is 2.93. The minimum atomic E-state index is -0.145. The molecule has 1 saturated heterocycles. The van der Waals surface area contributed by atoms with Gasteiger partial charge in [-0.05, 0) is 38.4 Å². The molecule has 7 heteroatoms. The molecule has 1 aromatic carbocycles. The minimum Gasteiger partial charge on any atom is -0.378 e. The summed E-state index contributed by atoms with van der Waals surface area (Å²) in [6.07, 6.45) is 1.65. The first kappa shape index (κ1) is 19.1. The summed E-state index contributed by atoms with van der Waals surface area (Å²) in [4.78, 5) is 21.4. The van der Waals surface area contributed by atoms with E-state index in [9.17, 15) is 4.79 Å². The van der Waals surface area contributed by atoms with Gasteiger partial charge in [-0.1, -0.05) is 12.1 Å². The van der Waals surface area contributed by atoms with Crippen LogP contribution in [-0.4, -0.2) is 69.3 Å². The molecule has 2 aromatic rings. The molecule has 7 nitrogen and oxygen atoms in total. The highest BCUT2D eigenvalue weighted by molar-refractivity contribution is 6.06. The van der Waals surface area contributed by atoms with Crippen molar-refractivity contribution in [1.29, 1.82) is 0 Å². The van der Waals surface area contributed by atoms with Crippen LogP contribution in [0, 0.1) is 0 Å². The Morgan fingerprint density at radius 2 is 2.00 bits per heavy atom. The standard InChI is InChI=1S/C20H27N5O2/c1-24(2)10-9-22-19-15-16(7-8-21-19)20(26)23-17-5-3-4-6-18(17)25-11-13-27-14-12-25/h3-8,15H,9-14H2,1-2H3,(H,21,22)(H,23,26). The summed E-state index contributed by atoms with van der Waals surface area (Å²) >= 11 is 0. The molecule has 0 aliphatic carbocycles. The predicted molar refractivity (Wildman–Crippen MR) is 109 cm³/mol. The maximum atomic E-state index is 12.8. The number of anilines is 3.